The van der Waals surface area contributed by atoms with Crippen molar-refractivity contribution in [2.45, 2.75) is 57.8 Å². The van der Waals surface area contributed by atoms with Crippen molar-refractivity contribution in [3.63, 3.8) is 0 Å². The maximum Gasteiger partial charge on any atom is 0.307 e. The quantitative estimate of drug-likeness (QED) is 0.804. The van der Waals surface area contributed by atoms with E-state index in [1.807, 2.05) is 0 Å². The Labute approximate surface area is 115 Å². The van der Waals surface area contributed by atoms with Crippen molar-refractivity contribution in [3.05, 3.63) is 0 Å². The van der Waals surface area contributed by atoms with Crippen molar-refractivity contribution < 1.29 is 14.7 Å². The number of nitrogens with one attached hydrogen (secondary N) is 1. The van der Waals surface area contributed by atoms with Crippen molar-refractivity contribution in [3.8, 4) is 0 Å². The summed E-state index contributed by atoms with van der Waals surface area (Å²) in [7, 11) is 0. The fraction of sp³-hybridized carbons (Fsp3) is 0.867. The lowest BCUT2D eigenvalue weighted by Gasteiger charge is -2.22. The number of hydrogen-bond donors (Lipinski definition) is 2. The minimum atomic E-state index is -0.815. The van der Waals surface area contributed by atoms with E-state index in [1.54, 1.807) is 0 Å². The van der Waals surface area contributed by atoms with E-state index in [2.05, 4.69) is 5.32 Å². The van der Waals surface area contributed by atoms with Gasteiger partial charge in [-0.2, -0.15) is 0 Å². The van der Waals surface area contributed by atoms with Gasteiger partial charge in [0, 0.05) is 6.54 Å². The minimum absolute atomic E-state index is 0.0410. The molecule has 4 nitrogen and oxygen atoms in total. The highest BCUT2D eigenvalue weighted by atomic mass is 16.4. The summed E-state index contributed by atoms with van der Waals surface area (Å²) < 4.78 is 0. The zero-order chi connectivity index (χ0) is 13.7. The first-order valence-corrected chi connectivity index (χ1v) is 7.69. The summed E-state index contributed by atoms with van der Waals surface area (Å²) in [4.78, 5) is 23.1. The summed E-state index contributed by atoms with van der Waals surface area (Å²) in [6.07, 6.45) is 9.86. The van der Waals surface area contributed by atoms with Crippen LogP contribution in [0.25, 0.3) is 0 Å². The maximum absolute atomic E-state index is 12.0. The van der Waals surface area contributed by atoms with E-state index in [9.17, 15) is 9.59 Å². The van der Waals surface area contributed by atoms with Gasteiger partial charge in [-0.1, -0.05) is 38.5 Å². The summed E-state index contributed by atoms with van der Waals surface area (Å²) in [6.45, 7) is 0.715. The van der Waals surface area contributed by atoms with Crippen LogP contribution in [-0.2, 0) is 9.59 Å². The molecule has 4 heteroatoms. The van der Waals surface area contributed by atoms with Gasteiger partial charge in [0.05, 0.1) is 11.8 Å². The molecule has 0 saturated heterocycles. The van der Waals surface area contributed by atoms with Crippen LogP contribution in [0, 0.1) is 17.8 Å². The Morgan fingerprint density at radius 3 is 2.32 bits per heavy atom. The summed E-state index contributed by atoms with van der Waals surface area (Å²) >= 11 is 0. The van der Waals surface area contributed by atoms with Gasteiger partial charge in [0.15, 0.2) is 0 Å². The van der Waals surface area contributed by atoms with Crippen molar-refractivity contribution in [1.82, 2.24) is 5.32 Å². The largest absolute Gasteiger partial charge is 0.481 e. The summed E-state index contributed by atoms with van der Waals surface area (Å²) in [6, 6.07) is 0. The second-order valence-corrected chi connectivity index (χ2v) is 6.07. The van der Waals surface area contributed by atoms with Crippen molar-refractivity contribution >= 4 is 11.9 Å². The lowest BCUT2D eigenvalue weighted by atomic mass is 9.87. The van der Waals surface area contributed by atoms with Gasteiger partial charge < -0.3 is 10.4 Å². The molecule has 0 aromatic carbocycles. The molecule has 0 spiro atoms. The van der Waals surface area contributed by atoms with Crippen molar-refractivity contribution in [2.24, 2.45) is 17.8 Å². The van der Waals surface area contributed by atoms with E-state index in [0.717, 1.165) is 25.2 Å². The smallest absolute Gasteiger partial charge is 0.307 e. The first-order chi connectivity index (χ1) is 9.18. The first kappa shape index (κ1) is 14.4. The van der Waals surface area contributed by atoms with Crippen molar-refractivity contribution in [1.29, 1.82) is 0 Å². The predicted molar refractivity (Wildman–Crippen MR) is 72.7 cm³/mol. The molecule has 0 bridgehead atoms. The number of rotatable bonds is 5. The molecule has 19 heavy (non-hydrogen) atoms. The number of hydrogen-bond acceptors (Lipinski definition) is 2. The summed E-state index contributed by atoms with van der Waals surface area (Å²) in [5.74, 6) is -0.864. The number of carboxylic acids is 1. The average molecular weight is 267 g/mol. The number of carbonyl (C=O) groups is 2. The maximum atomic E-state index is 12.0. The molecule has 0 unspecified atom stereocenters. The molecule has 2 aliphatic rings. The number of carbonyl (C=O) groups excluding carboxylic acids is 1. The Bertz CT molecular complexity index is 323. The summed E-state index contributed by atoms with van der Waals surface area (Å²) in [5, 5.41) is 12.0. The van der Waals surface area contributed by atoms with Gasteiger partial charge in [-0.25, -0.2) is 0 Å². The fourth-order valence-electron chi connectivity index (χ4n) is 3.58. The second-order valence-electron chi connectivity index (χ2n) is 6.07. The third kappa shape index (κ3) is 3.95. The lowest BCUT2D eigenvalue weighted by molar-refractivity contribution is -0.146. The van der Waals surface area contributed by atoms with Crippen LogP contribution in [0.5, 0.6) is 0 Å². The second kappa shape index (κ2) is 6.92. The van der Waals surface area contributed by atoms with Crippen LogP contribution in [0.1, 0.15) is 57.8 Å². The molecule has 2 saturated carbocycles. The van der Waals surface area contributed by atoms with Crippen LogP contribution < -0.4 is 5.32 Å². The third-order valence-electron chi connectivity index (χ3n) is 4.75. The van der Waals surface area contributed by atoms with E-state index < -0.39 is 11.9 Å². The zero-order valence-electron chi connectivity index (χ0n) is 11.6. The molecular weight excluding hydrogens is 242 g/mol. The standard InChI is InChI=1S/C15H25NO3/c17-14(12-7-4-8-13(12)15(18)19)16-10-9-11-5-2-1-3-6-11/h11-13H,1-10H2,(H,16,17)(H,18,19)/t12-,13+/m1/s1. The molecular formula is C15H25NO3. The lowest BCUT2D eigenvalue weighted by Crippen LogP contribution is -2.36. The highest BCUT2D eigenvalue weighted by molar-refractivity contribution is 5.85. The molecule has 2 atom stereocenters. The molecule has 0 aromatic rings. The zero-order valence-corrected chi connectivity index (χ0v) is 11.6. The molecule has 2 rings (SSSR count). The van der Waals surface area contributed by atoms with Gasteiger partial charge in [-0.15, -0.1) is 0 Å². The molecule has 108 valence electrons. The van der Waals surface area contributed by atoms with Crippen LogP contribution in [0.3, 0.4) is 0 Å². The van der Waals surface area contributed by atoms with Crippen LogP contribution >= 0.6 is 0 Å². The van der Waals surface area contributed by atoms with Crippen molar-refractivity contribution in [2.75, 3.05) is 6.54 Å². The molecule has 0 aliphatic heterocycles. The van der Waals surface area contributed by atoms with Gasteiger partial charge in [0.1, 0.15) is 0 Å². The minimum Gasteiger partial charge on any atom is -0.481 e. The molecule has 0 aromatic heterocycles. The topological polar surface area (TPSA) is 66.4 Å². The van der Waals surface area contributed by atoms with Gasteiger partial charge in [0.25, 0.3) is 0 Å². The van der Waals surface area contributed by atoms with Gasteiger partial charge in [-0.05, 0) is 25.2 Å². The van der Waals surface area contributed by atoms with E-state index in [1.165, 1.54) is 32.1 Å². The van der Waals surface area contributed by atoms with Crippen LogP contribution in [0.4, 0.5) is 0 Å². The van der Waals surface area contributed by atoms with E-state index in [-0.39, 0.29) is 11.8 Å². The van der Waals surface area contributed by atoms with Crippen LogP contribution in [0.15, 0.2) is 0 Å². The molecule has 2 fully saturated rings. The van der Waals surface area contributed by atoms with Gasteiger partial charge >= 0.3 is 5.97 Å². The highest BCUT2D eigenvalue weighted by Gasteiger charge is 2.37. The normalized spacial score (nSPS) is 28.2. The predicted octanol–water partition coefficient (Wildman–Crippen LogP) is 2.57. The highest BCUT2D eigenvalue weighted by Crippen LogP contribution is 2.32. The number of carboxylic acid groups (broad SMARTS) is 1. The molecule has 2 N–H and O–H groups in total. The molecule has 1 amide bonds. The SMILES string of the molecule is O=C(O)[C@H]1CCC[C@H]1C(=O)NCCC1CCCCC1. The Kier molecular flexibility index (Phi) is 5.23. The third-order valence-corrected chi connectivity index (χ3v) is 4.75. The van der Waals surface area contributed by atoms with Gasteiger partial charge in [-0.3, -0.25) is 9.59 Å². The van der Waals surface area contributed by atoms with E-state index in [4.69, 9.17) is 5.11 Å². The monoisotopic (exact) mass is 267 g/mol. The Morgan fingerprint density at radius 1 is 0.947 bits per heavy atom. The van der Waals surface area contributed by atoms with Crippen LogP contribution in [-0.4, -0.2) is 23.5 Å². The number of aliphatic carboxylic acids is 1. The number of amides is 1. The van der Waals surface area contributed by atoms with Crippen LogP contribution in [0.2, 0.25) is 0 Å². The average Bonchev–Trinajstić information content (AvgIpc) is 2.89. The Hall–Kier alpha value is -1.06. The Morgan fingerprint density at radius 2 is 1.63 bits per heavy atom. The molecule has 0 radical (unpaired) electrons. The Balaban J connectivity index is 1.70. The van der Waals surface area contributed by atoms with Gasteiger partial charge in [0.2, 0.25) is 5.91 Å². The molecule has 2 aliphatic carbocycles. The summed E-state index contributed by atoms with van der Waals surface area (Å²) in [5.41, 5.74) is 0. The first-order valence-electron chi connectivity index (χ1n) is 7.69. The fourth-order valence-corrected chi connectivity index (χ4v) is 3.58. The van der Waals surface area contributed by atoms with E-state index >= 15 is 0 Å². The molecule has 0 heterocycles. The van der Waals surface area contributed by atoms with E-state index in [0.29, 0.717) is 13.0 Å².